The van der Waals surface area contributed by atoms with Crippen LogP contribution in [0.15, 0.2) is 24.3 Å². The summed E-state index contributed by atoms with van der Waals surface area (Å²) in [6, 6.07) is 5.11. The van der Waals surface area contributed by atoms with E-state index in [4.69, 9.17) is 9.29 Å². The highest BCUT2D eigenvalue weighted by molar-refractivity contribution is 7.80. The van der Waals surface area contributed by atoms with Gasteiger partial charge in [-0.1, -0.05) is 12.1 Å². The van der Waals surface area contributed by atoms with Gasteiger partial charge in [-0.05, 0) is 49.9 Å². The van der Waals surface area contributed by atoms with Gasteiger partial charge in [-0.2, -0.15) is 13.5 Å². The van der Waals surface area contributed by atoms with Crippen molar-refractivity contribution in [2.24, 2.45) is 0 Å². The number of ether oxygens (including phenoxy) is 1. The van der Waals surface area contributed by atoms with Crippen molar-refractivity contribution in [3.8, 4) is 5.75 Å². The van der Waals surface area contributed by atoms with Gasteiger partial charge in [0.25, 0.3) is 5.91 Å². The van der Waals surface area contributed by atoms with E-state index in [0.717, 1.165) is 29.8 Å². The molecule has 3 aliphatic heterocycles. The molecule has 186 valence electrons. The van der Waals surface area contributed by atoms with E-state index in [2.05, 4.69) is 20.5 Å². The number of urea groups is 1. The molecule has 3 saturated heterocycles. The monoisotopic (exact) mass is 497 g/mol. The molecule has 3 heterocycles. The minimum absolute atomic E-state index is 0.0239. The third-order valence-electron chi connectivity index (χ3n) is 6.03. The van der Waals surface area contributed by atoms with Gasteiger partial charge in [0.1, 0.15) is 18.4 Å². The van der Waals surface area contributed by atoms with Crippen LogP contribution < -0.4 is 20.9 Å². The lowest BCUT2D eigenvalue weighted by atomic mass is 10.0. The van der Waals surface area contributed by atoms with Gasteiger partial charge in [-0.3, -0.25) is 25.0 Å². The maximum Gasteiger partial charge on any atom is 0.418 e. The molecule has 0 saturated carbocycles. The van der Waals surface area contributed by atoms with Crippen LogP contribution >= 0.6 is 0 Å². The fourth-order valence-corrected chi connectivity index (χ4v) is 4.74. The Bertz CT molecular complexity index is 1030. The molecule has 3 fully saturated rings. The van der Waals surface area contributed by atoms with Crippen LogP contribution in [-0.2, 0) is 30.7 Å². The predicted octanol–water partition coefficient (Wildman–Crippen LogP) is -0.490. The van der Waals surface area contributed by atoms with Gasteiger partial charge in [0, 0.05) is 12.6 Å². The second-order valence-corrected chi connectivity index (χ2v) is 9.48. The fourth-order valence-electron chi connectivity index (χ4n) is 4.35. The van der Waals surface area contributed by atoms with E-state index in [0.29, 0.717) is 23.5 Å². The molecular weight excluding hydrogens is 470 g/mol. The molecule has 34 heavy (non-hydrogen) atoms. The van der Waals surface area contributed by atoms with Gasteiger partial charge < -0.3 is 15.0 Å². The number of carbonyl (C=O) groups excluding carboxylic acids is 3. The number of fused-ring (bicyclic) bond motifs is 2. The van der Waals surface area contributed by atoms with Gasteiger partial charge in [0.15, 0.2) is 0 Å². The zero-order chi connectivity index (χ0) is 24.3. The highest BCUT2D eigenvalue weighted by Crippen LogP contribution is 2.30. The molecule has 0 radical (unpaired) electrons. The topological polar surface area (TPSA) is 167 Å². The molecule has 4 N–H and O–H groups in total. The number of nitrogens with one attached hydrogen (secondary N) is 3. The van der Waals surface area contributed by atoms with Gasteiger partial charge >= 0.3 is 16.4 Å². The Labute approximate surface area is 196 Å². The Hall–Kier alpha value is -2.94. The predicted molar refractivity (Wildman–Crippen MR) is 116 cm³/mol. The summed E-state index contributed by atoms with van der Waals surface area (Å²) in [4.78, 5) is 38.3. The molecule has 1 aromatic rings. The SMILES string of the molecule is O=C(Cc1ccc(OC[C@H]2CCCN2)cc1)NNC(=O)[C@@H]1CC[C@@H]2CN1C(=O)N2OS(=O)(=O)O. The lowest BCUT2D eigenvalue weighted by Crippen LogP contribution is -2.54. The summed E-state index contributed by atoms with van der Waals surface area (Å²) in [5, 5.41) is 3.91. The minimum atomic E-state index is -4.87. The normalized spacial score (nSPS) is 24.3. The maximum atomic E-state index is 12.5. The van der Waals surface area contributed by atoms with Crippen molar-refractivity contribution in [3.05, 3.63) is 29.8 Å². The van der Waals surface area contributed by atoms with Crippen LogP contribution in [0.2, 0.25) is 0 Å². The van der Waals surface area contributed by atoms with Crippen LogP contribution in [0.4, 0.5) is 4.79 Å². The lowest BCUT2D eigenvalue weighted by Gasteiger charge is -2.29. The summed E-state index contributed by atoms with van der Waals surface area (Å²) < 4.78 is 40.8. The number of hydrogen-bond donors (Lipinski definition) is 4. The molecular formula is C20H27N5O8S. The van der Waals surface area contributed by atoms with E-state index in [1.807, 2.05) is 0 Å². The first-order chi connectivity index (χ1) is 16.2. The number of carbonyl (C=O) groups is 3. The third kappa shape index (κ3) is 5.94. The van der Waals surface area contributed by atoms with Gasteiger partial charge in [-0.25, -0.2) is 4.79 Å². The van der Waals surface area contributed by atoms with Crippen molar-refractivity contribution in [1.29, 1.82) is 0 Å². The standard InChI is InChI=1S/C20H27N5O8S/c26-18(10-13-3-6-16(7-4-13)32-12-14-2-1-9-21-14)22-23-19(27)17-8-5-15-11-24(17)20(28)25(15)33-34(29,30)31/h3-4,6-7,14-15,17,21H,1-2,5,8-12H2,(H,22,26)(H,23,27)(H,29,30,31)/t14-,15-,17+/m1/s1. The summed E-state index contributed by atoms with van der Waals surface area (Å²) >= 11 is 0. The number of benzene rings is 1. The number of piperidine rings is 1. The molecule has 3 atom stereocenters. The molecule has 13 nitrogen and oxygen atoms in total. The number of hydroxylamine groups is 2. The molecule has 2 bridgehead atoms. The first kappa shape index (κ1) is 24.2. The van der Waals surface area contributed by atoms with Crippen LogP contribution in [0.5, 0.6) is 5.75 Å². The minimum Gasteiger partial charge on any atom is -0.492 e. The first-order valence-corrected chi connectivity index (χ1v) is 12.4. The molecule has 0 aliphatic carbocycles. The molecule has 0 aromatic heterocycles. The Balaban J connectivity index is 1.22. The molecule has 1 aromatic carbocycles. The third-order valence-corrected chi connectivity index (χ3v) is 6.38. The van der Waals surface area contributed by atoms with E-state index in [9.17, 15) is 22.8 Å². The Kier molecular flexibility index (Phi) is 7.21. The van der Waals surface area contributed by atoms with E-state index in [1.165, 1.54) is 0 Å². The Morgan fingerprint density at radius 3 is 2.59 bits per heavy atom. The van der Waals surface area contributed by atoms with Gasteiger partial charge in [0.2, 0.25) is 5.91 Å². The van der Waals surface area contributed by atoms with Crippen LogP contribution in [0.25, 0.3) is 0 Å². The molecule has 0 spiro atoms. The summed E-state index contributed by atoms with van der Waals surface area (Å²) in [5.74, 6) is -0.350. The average Bonchev–Trinajstić information content (AvgIpc) is 3.40. The van der Waals surface area contributed by atoms with Crippen molar-refractivity contribution < 1.29 is 36.4 Å². The highest BCUT2D eigenvalue weighted by atomic mass is 32.3. The number of nitrogens with zero attached hydrogens (tertiary/aromatic N) is 2. The van der Waals surface area contributed by atoms with Crippen LogP contribution in [0.1, 0.15) is 31.2 Å². The first-order valence-electron chi connectivity index (χ1n) is 11.0. The quantitative estimate of drug-likeness (QED) is 0.274. The second kappa shape index (κ2) is 10.1. The maximum absolute atomic E-state index is 12.5. The molecule has 3 aliphatic rings. The fraction of sp³-hybridized carbons (Fsp3) is 0.550. The Morgan fingerprint density at radius 2 is 1.91 bits per heavy atom. The van der Waals surface area contributed by atoms with E-state index in [1.54, 1.807) is 24.3 Å². The summed E-state index contributed by atoms with van der Waals surface area (Å²) in [6.45, 7) is 1.66. The van der Waals surface area contributed by atoms with Crippen molar-refractivity contribution >= 4 is 28.2 Å². The zero-order valence-electron chi connectivity index (χ0n) is 18.3. The van der Waals surface area contributed by atoms with Crippen LogP contribution in [0.3, 0.4) is 0 Å². The van der Waals surface area contributed by atoms with Crippen molar-refractivity contribution in [1.82, 2.24) is 26.1 Å². The summed E-state index contributed by atoms with van der Waals surface area (Å²) in [7, 11) is -4.87. The van der Waals surface area contributed by atoms with Crippen LogP contribution in [0, 0.1) is 0 Å². The Morgan fingerprint density at radius 1 is 1.15 bits per heavy atom. The number of hydrazine groups is 1. The van der Waals surface area contributed by atoms with Crippen molar-refractivity contribution in [2.45, 2.75) is 50.2 Å². The summed E-state index contributed by atoms with van der Waals surface area (Å²) in [6.07, 6.45) is 2.79. The average molecular weight is 498 g/mol. The number of amides is 4. The summed E-state index contributed by atoms with van der Waals surface area (Å²) in [5.41, 5.74) is 5.37. The zero-order valence-corrected chi connectivity index (χ0v) is 19.1. The smallest absolute Gasteiger partial charge is 0.418 e. The largest absolute Gasteiger partial charge is 0.492 e. The lowest BCUT2D eigenvalue weighted by molar-refractivity contribution is -0.131. The second-order valence-electron chi connectivity index (χ2n) is 8.47. The number of rotatable bonds is 8. The molecule has 14 heteroatoms. The van der Waals surface area contributed by atoms with Crippen LogP contribution in [-0.4, -0.2) is 78.6 Å². The molecule has 4 amide bonds. The highest BCUT2D eigenvalue weighted by Gasteiger charge is 2.49. The van der Waals surface area contributed by atoms with E-state index < -0.39 is 40.3 Å². The number of hydrogen-bond acceptors (Lipinski definition) is 8. The van der Waals surface area contributed by atoms with E-state index in [-0.39, 0.29) is 25.8 Å². The van der Waals surface area contributed by atoms with Crippen molar-refractivity contribution in [2.75, 3.05) is 19.7 Å². The van der Waals surface area contributed by atoms with Crippen molar-refractivity contribution in [3.63, 3.8) is 0 Å². The molecule has 4 rings (SSSR count). The van der Waals surface area contributed by atoms with Gasteiger partial charge in [-0.15, -0.1) is 4.28 Å². The van der Waals surface area contributed by atoms with Gasteiger partial charge in [0.05, 0.1) is 12.5 Å². The molecule has 0 unspecified atom stereocenters. The van der Waals surface area contributed by atoms with E-state index >= 15 is 0 Å².